The van der Waals surface area contributed by atoms with Crippen LogP contribution < -0.4 is 0 Å². The minimum Gasteiger partial charge on any atom is -0.207 e. The zero-order chi connectivity index (χ0) is 11.5. The second kappa shape index (κ2) is 4.11. The summed E-state index contributed by atoms with van der Waals surface area (Å²) < 4.78 is 26.2. The van der Waals surface area contributed by atoms with Crippen LogP contribution in [-0.4, -0.2) is 0 Å². The molecule has 0 atom stereocenters. The molecule has 2 aromatic rings. The molecule has 16 heavy (non-hydrogen) atoms. The molecule has 0 saturated heterocycles. The summed E-state index contributed by atoms with van der Waals surface area (Å²) >= 11 is 0. The molecule has 1 nitrogen and oxygen atoms in total. The molecule has 0 aliphatic carbocycles. The molecule has 2 rings (SSSR count). The molecular weight excluding hydrogens is 208 g/mol. The minimum absolute atomic E-state index is 0.290. The number of benzene rings is 2. The van der Waals surface area contributed by atoms with Gasteiger partial charge in [-0.1, -0.05) is 12.1 Å². The molecule has 0 aromatic heterocycles. The molecular formula is C13H7F2N. The van der Waals surface area contributed by atoms with Crippen molar-refractivity contribution in [3.8, 4) is 17.2 Å². The normalized spacial score (nSPS) is 9.81. The Morgan fingerprint density at radius 3 is 2.50 bits per heavy atom. The van der Waals surface area contributed by atoms with Crippen molar-refractivity contribution in [1.29, 1.82) is 5.26 Å². The highest BCUT2D eigenvalue weighted by Gasteiger charge is 2.06. The van der Waals surface area contributed by atoms with Crippen LogP contribution in [0.25, 0.3) is 11.1 Å². The van der Waals surface area contributed by atoms with Crippen LogP contribution >= 0.6 is 0 Å². The van der Waals surface area contributed by atoms with E-state index in [1.54, 1.807) is 24.3 Å². The van der Waals surface area contributed by atoms with Crippen LogP contribution in [0.4, 0.5) is 8.78 Å². The van der Waals surface area contributed by atoms with E-state index in [0.29, 0.717) is 16.7 Å². The zero-order valence-corrected chi connectivity index (χ0v) is 8.24. The van der Waals surface area contributed by atoms with Gasteiger partial charge in [0.05, 0.1) is 11.6 Å². The predicted octanol–water partition coefficient (Wildman–Crippen LogP) is 3.50. The Hall–Kier alpha value is -2.21. The van der Waals surface area contributed by atoms with Crippen molar-refractivity contribution in [1.82, 2.24) is 0 Å². The Morgan fingerprint density at radius 1 is 1.00 bits per heavy atom. The van der Waals surface area contributed by atoms with E-state index in [9.17, 15) is 8.78 Å². The van der Waals surface area contributed by atoms with Crippen molar-refractivity contribution in [3.63, 3.8) is 0 Å². The van der Waals surface area contributed by atoms with Gasteiger partial charge in [0.15, 0.2) is 0 Å². The molecule has 0 amide bonds. The van der Waals surface area contributed by atoms with Gasteiger partial charge in [0.1, 0.15) is 11.6 Å². The van der Waals surface area contributed by atoms with Gasteiger partial charge in [-0.2, -0.15) is 5.26 Å². The summed E-state index contributed by atoms with van der Waals surface area (Å²) in [7, 11) is 0. The van der Waals surface area contributed by atoms with Crippen LogP contribution in [-0.2, 0) is 0 Å². The Morgan fingerprint density at radius 2 is 1.81 bits per heavy atom. The van der Waals surface area contributed by atoms with E-state index in [-0.39, 0.29) is 0 Å². The van der Waals surface area contributed by atoms with Crippen LogP contribution in [0.5, 0.6) is 0 Å². The van der Waals surface area contributed by atoms with Crippen molar-refractivity contribution < 1.29 is 8.78 Å². The maximum absolute atomic E-state index is 13.4. The molecule has 0 aliphatic rings. The molecule has 0 bridgehead atoms. The second-order valence-corrected chi connectivity index (χ2v) is 3.32. The Labute approximate surface area is 91.6 Å². The highest BCUT2D eigenvalue weighted by Crippen LogP contribution is 2.23. The molecule has 0 N–H and O–H groups in total. The average molecular weight is 215 g/mol. The van der Waals surface area contributed by atoms with Crippen molar-refractivity contribution in [2.75, 3.05) is 0 Å². The molecule has 0 radical (unpaired) electrons. The smallest absolute Gasteiger partial charge is 0.133 e. The van der Waals surface area contributed by atoms with Gasteiger partial charge in [-0.25, -0.2) is 8.78 Å². The summed E-state index contributed by atoms with van der Waals surface area (Å²) in [4.78, 5) is 0. The molecule has 0 unspecified atom stereocenters. The Bertz CT molecular complexity index is 570. The topological polar surface area (TPSA) is 23.8 Å². The summed E-state index contributed by atoms with van der Waals surface area (Å²) in [6, 6.07) is 11.9. The molecule has 3 heteroatoms. The fourth-order valence-corrected chi connectivity index (χ4v) is 1.48. The summed E-state index contributed by atoms with van der Waals surface area (Å²) in [5.41, 5.74) is 1.30. The first-order valence-electron chi connectivity index (χ1n) is 4.66. The first kappa shape index (κ1) is 10.3. The number of hydrogen-bond donors (Lipinski definition) is 0. The third kappa shape index (κ3) is 1.91. The molecule has 0 fully saturated rings. The number of rotatable bonds is 1. The third-order valence-electron chi connectivity index (χ3n) is 2.23. The quantitative estimate of drug-likeness (QED) is 0.714. The van der Waals surface area contributed by atoms with E-state index >= 15 is 0 Å². The fraction of sp³-hybridized carbons (Fsp3) is 0. The fourth-order valence-electron chi connectivity index (χ4n) is 1.48. The van der Waals surface area contributed by atoms with E-state index in [2.05, 4.69) is 0 Å². The largest absolute Gasteiger partial charge is 0.207 e. The van der Waals surface area contributed by atoms with Crippen LogP contribution in [0, 0.1) is 23.0 Å². The van der Waals surface area contributed by atoms with E-state index in [1.807, 2.05) is 6.07 Å². The monoisotopic (exact) mass is 215 g/mol. The summed E-state index contributed by atoms with van der Waals surface area (Å²) in [6.07, 6.45) is 0. The Balaban J connectivity index is 2.55. The van der Waals surface area contributed by atoms with Gasteiger partial charge in [0.25, 0.3) is 0 Å². The van der Waals surface area contributed by atoms with Gasteiger partial charge in [-0.15, -0.1) is 0 Å². The van der Waals surface area contributed by atoms with Crippen LogP contribution in [0.3, 0.4) is 0 Å². The second-order valence-electron chi connectivity index (χ2n) is 3.32. The summed E-state index contributed by atoms with van der Waals surface area (Å²) in [5.74, 6) is -1.24. The highest BCUT2D eigenvalue weighted by molar-refractivity contribution is 5.65. The molecule has 0 spiro atoms. The predicted molar refractivity (Wildman–Crippen MR) is 56.5 cm³/mol. The first-order valence-corrected chi connectivity index (χ1v) is 4.66. The average Bonchev–Trinajstić information content (AvgIpc) is 2.29. The standard InChI is InChI=1S/C13H7F2N/c14-11-4-5-12(13(15)7-11)10-3-1-2-9(6-10)8-16/h1-7H. The summed E-state index contributed by atoms with van der Waals surface area (Å²) in [5, 5.41) is 8.72. The molecule has 0 saturated carbocycles. The van der Waals surface area contributed by atoms with Gasteiger partial charge in [0, 0.05) is 11.6 Å². The Kier molecular flexibility index (Phi) is 2.65. The zero-order valence-electron chi connectivity index (χ0n) is 8.24. The minimum atomic E-state index is -0.630. The van der Waals surface area contributed by atoms with Crippen LogP contribution in [0.2, 0.25) is 0 Å². The lowest BCUT2D eigenvalue weighted by Crippen LogP contribution is -1.86. The van der Waals surface area contributed by atoms with E-state index in [4.69, 9.17) is 5.26 Å². The van der Waals surface area contributed by atoms with Gasteiger partial charge in [0.2, 0.25) is 0 Å². The molecule has 0 heterocycles. The first-order chi connectivity index (χ1) is 7.70. The van der Waals surface area contributed by atoms with Crippen molar-refractivity contribution in [2.24, 2.45) is 0 Å². The maximum atomic E-state index is 13.4. The van der Waals surface area contributed by atoms with E-state index < -0.39 is 11.6 Å². The number of halogens is 2. The van der Waals surface area contributed by atoms with Crippen molar-refractivity contribution in [2.45, 2.75) is 0 Å². The lowest BCUT2D eigenvalue weighted by atomic mass is 10.0. The van der Waals surface area contributed by atoms with Gasteiger partial charge >= 0.3 is 0 Å². The molecule has 2 aromatic carbocycles. The lowest BCUT2D eigenvalue weighted by Gasteiger charge is -2.03. The highest BCUT2D eigenvalue weighted by atomic mass is 19.1. The van der Waals surface area contributed by atoms with E-state index in [1.165, 1.54) is 12.1 Å². The molecule has 78 valence electrons. The van der Waals surface area contributed by atoms with Crippen molar-refractivity contribution in [3.05, 3.63) is 59.7 Å². The van der Waals surface area contributed by atoms with E-state index in [0.717, 1.165) is 6.07 Å². The number of nitriles is 1. The van der Waals surface area contributed by atoms with Gasteiger partial charge in [-0.3, -0.25) is 0 Å². The maximum Gasteiger partial charge on any atom is 0.133 e. The van der Waals surface area contributed by atoms with Gasteiger partial charge < -0.3 is 0 Å². The third-order valence-corrected chi connectivity index (χ3v) is 2.23. The lowest BCUT2D eigenvalue weighted by molar-refractivity contribution is 0.585. The summed E-state index contributed by atoms with van der Waals surface area (Å²) in [6.45, 7) is 0. The molecule has 0 aliphatic heterocycles. The van der Waals surface area contributed by atoms with Crippen LogP contribution in [0.1, 0.15) is 5.56 Å². The SMILES string of the molecule is N#Cc1cccc(-c2ccc(F)cc2F)c1. The van der Waals surface area contributed by atoms with Crippen LogP contribution in [0.15, 0.2) is 42.5 Å². The number of hydrogen-bond acceptors (Lipinski definition) is 1. The van der Waals surface area contributed by atoms with Gasteiger partial charge in [-0.05, 0) is 29.8 Å². The number of nitrogens with zero attached hydrogens (tertiary/aromatic N) is 1. The van der Waals surface area contributed by atoms with Crippen molar-refractivity contribution >= 4 is 0 Å².